The lowest BCUT2D eigenvalue weighted by molar-refractivity contribution is -0.365. The molecule has 0 radical (unpaired) electrons. The van der Waals surface area contributed by atoms with Crippen molar-refractivity contribution in [2.75, 3.05) is 0 Å². The number of rotatable bonds is 5. The number of alkyl halides is 10. The number of carboxylic acid groups (broad SMARTS) is 2. The van der Waals surface area contributed by atoms with Crippen LogP contribution in [0.4, 0.5) is 43.9 Å². The molecule has 14 heteroatoms. The summed E-state index contributed by atoms with van der Waals surface area (Å²) in [7, 11) is 0. The van der Waals surface area contributed by atoms with E-state index in [4.69, 9.17) is 10.2 Å². The maximum atomic E-state index is 13.1. The zero-order valence-electron chi connectivity index (χ0n) is 10.1. The molecule has 0 aliphatic rings. The number of carbonyl (C=O) groups is 2. The second kappa shape index (κ2) is 5.88. The molecule has 0 saturated heterocycles. The van der Waals surface area contributed by atoms with E-state index in [9.17, 15) is 53.5 Å². The van der Waals surface area contributed by atoms with E-state index in [1.165, 1.54) is 0 Å². The Labute approximate surface area is 119 Å². The summed E-state index contributed by atoms with van der Waals surface area (Å²) < 4.78 is 125. The fraction of sp³-hybridized carbons (Fsp3) is 0.556. The van der Waals surface area contributed by atoms with Crippen molar-refractivity contribution < 1.29 is 63.7 Å². The maximum Gasteiger partial charge on any atom is 0.454 e. The Balaban J connectivity index is 6.69. The number of hydrogen-bond acceptors (Lipinski definition) is 2. The third-order valence-corrected chi connectivity index (χ3v) is 2.32. The van der Waals surface area contributed by atoms with Crippen molar-refractivity contribution in [3.8, 4) is 0 Å². The number of aliphatic carboxylic acids is 2. The Morgan fingerprint density at radius 3 is 1.22 bits per heavy atom. The van der Waals surface area contributed by atoms with E-state index < -0.39 is 53.7 Å². The monoisotopic (exact) mass is 366 g/mol. The van der Waals surface area contributed by atoms with Crippen molar-refractivity contribution in [3.05, 3.63) is 11.6 Å². The van der Waals surface area contributed by atoms with Crippen molar-refractivity contribution in [3.63, 3.8) is 0 Å². The Morgan fingerprint density at radius 1 is 0.739 bits per heavy atom. The Morgan fingerprint density at radius 2 is 1.04 bits per heavy atom. The van der Waals surface area contributed by atoms with Crippen molar-refractivity contribution in [1.29, 1.82) is 0 Å². The highest BCUT2D eigenvalue weighted by atomic mass is 19.4. The minimum Gasteiger partial charge on any atom is -0.478 e. The number of hydrogen-bond donors (Lipinski definition) is 2. The second-order valence-electron chi connectivity index (χ2n) is 3.92. The molecule has 0 aromatic rings. The molecule has 2 N–H and O–H groups in total. The van der Waals surface area contributed by atoms with Gasteiger partial charge in [0, 0.05) is 6.08 Å². The standard InChI is InChI=1S/C9H4F10O4/c10-6(11,8(14,15)16)4(7(12,13)9(17,18)19)2(5(22)23)1-3(20)21/h1,4H,(H,20,21)(H,22,23)/b2-1-. The van der Waals surface area contributed by atoms with E-state index in [0.717, 1.165) is 0 Å². The lowest BCUT2D eigenvalue weighted by Crippen LogP contribution is -2.58. The predicted octanol–water partition coefficient (Wildman–Crippen LogP) is 3.09. The minimum atomic E-state index is -7.01. The Kier molecular flexibility index (Phi) is 5.37. The largest absolute Gasteiger partial charge is 0.478 e. The average Bonchev–Trinajstić information content (AvgIpc) is 2.23. The highest BCUT2D eigenvalue weighted by Gasteiger charge is 2.77. The molecule has 0 aromatic heterocycles. The van der Waals surface area contributed by atoms with E-state index in [0.29, 0.717) is 0 Å². The summed E-state index contributed by atoms with van der Waals surface area (Å²) in [5.41, 5.74) is -2.97. The van der Waals surface area contributed by atoms with Gasteiger partial charge in [0.1, 0.15) is 5.92 Å². The van der Waals surface area contributed by atoms with Gasteiger partial charge in [0.15, 0.2) is 0 Å². The summed E-state index contributed by atoms with van der Waals surface area (Å²) in [6, 6.07) is 0. The van der Waals surface area contributed by atoms with Crippen LogP contribution in [0.1, 0.15) is 0 Å². The van der Waals surface area contributed by atoms with E-state index >= 15 is 0 Å². The van der Waals surface area contributed by atoms with Crippen LogP contribution in [0.2, 0.25) is 0 Å². The van der Waals surface area contributed by atoms with Crippen LogP contribution in [0.25, 0.3) is 0 Å². The molecule has 0 spiro atoms. The van der Waals surface area contributed by atoms with Crippen molar-refractivity contribution in [2.24, 2.45) is 5.92 Å². The first-order valence-electron chi connectivity index (χ1n) is 4.94. The van der Waals surface area contributed by atoms with Gasteiger partial charge in [-0.1, -0.05) is 0 Å². The van der Waals surface area contributed by atoms with Crippen molar-refractivity contribution >= 4 is 11.9 Å². The van der Waals surface area contributed by atoms with Gasteiger partial charge >= 0.3 is 36.1 Å². The first-order valence-corrected chi connectivity index (χ1v) is 4.94. The van der Waals surface area contributed by atoms with Gasteiger partial charge in [0.25, 0.3) is 0 Å². The van der Waals surface area contributed by atoms with Crippen LogP contribution in [0.5, 0.6) is 0 Å². The fourth-order valence-corrected chi connectivity index (χ4v) is 1.35. The molecule has 0 heterocycles. The molecule has 0 fully saturated rings. The highest BCUT2D eigenvalue weighted by Crippen LogP contribution is 2.55. The highest BCUT2D eigenvalue weighted by molar-refractivity contribution is 5.95. The Hall–Kier alpha value is -2.02. The summed E-state index contributed by atoms with van der Waals surface area (Å²) in [4.78, 5) is 20.7. The zero-order valence-corrected chi connectivity index (χ0v) is 10.1. The molecular formula is C9H4F10O4. The lowest BCUT2D eigenvalue weighted by Gasteiger charge is -2.35. The van der Waals surface area contributed by atoms with Crippen LogP contribution in [-0.2, 0) is 9.59 Å². The molecular weight excluding hydrogens is 362 g/mol. The average molecular weight is 366 g/mol. The molecule has 0 aromatic carbocycles. The van der Waals surface area contributed by atoms with Crippen LogP contribution in [0.15, 0.2) is 11.6 Å². The molecule has 0 rings (SSSR count). The molecule has 0 atom stereocenters. The van der Waals surface area contributed by atoms with Crippen LogP contribution in [0, 0.1) is 5.92 Å². The third kappa shape index (κ3) is 4.04. The molecule has 134 valence electrons. The van der Waals surface area contributed by atoms with E-state index in [-0.39, 0.29) is 0 Å². The van der Waals surface area contributed by atoms with Crippen molar-refractivity contribution in [1.82, 2.24) is 0 Å². The SMILES string of the molecule is O=C(O)/C=C(\C(=O)O)C(C(F)(F)C(F)(F)F)C(F)(F)C(F)(F)F. The molecule has 0 bridgehead atoms. The molecule has 0 unspecified atom stereocenters. The first kappa shape index (κ1) is 21.0. The van der Waals surface area contributed by atoms with Gasteiger partial charge < -0.3 is 10.2 Å². The van der Waals surface area contributed by atoms with Crippen LogP contribution < -0.4 is 0 Å². The smallest absolute Gasteiger partial charge is 0.454 e. The molecule has 4 nitrogen and oxygen atoms in total. The Bertz CT molecular complexity index is 489. The summed E-state index contributed by atoms with van der Waals surface area (Å²) >= 11 is 0. The van der Waals surface area contributed by atoms with Crippen LogP contribution in [-0.4, -0.2) is 46.3 Å². The lowest BCUT2D eigenvalue weighted by atomic mass is 9.84. The summed E-state index contributed by atoms with van der Waals surface area (Å²) in [5, 5.41) is 16.4. The van der Waals surface area contributed by atoms with Gasteiger partial charge in [-0.2, -0.15) is 43.9 Å². The zero-order chi connectivity index (χ0) is 19.0. The molecule has 0 saturated carbocycles. The second-order valence-corrected chi connectivity index (χ2v) is 3.92. The summed E-state index contributed by atoms with van der Waals surface area (Å²) in [6.45, 7) is 0. The van der Waals surface area contributed by atoms with E-state index in [1.54, 1.807) is 0 Å². The van der Waals surface area contributed by atoms with E-state index in [1.807, 2.05) is 0 Å². The van der Waals surface area contributed by atoms with Gasteiger partial charge in [-0.05, 0) is 0 Å². The summed E-state index contributed by atoms with van der Waals surface area (Å²) in [6.07, 6.45) is -15.1. The predicted molar refractivity (Wildman–Crippen MR) is 48.8 cm³/mol. The van der Waals surface area contributed by atoms with Gasteiger partial charge in [0.05, 0.1) is 5.57 Å². The molecule has 0 aliphatic heterocycles. The van der Waals surface area contributed by atoms with Crippen LogP contribution >= 0.6 is 0 Å². The molecule has 0 aliphatic carbocycles. The van der Waals surface area contributed by atoms with Gasteiger partial charge in [-0.25, -0.2) is 9.59 Å². The number of carboxylic acids is 2. The normalized spacial score (nSPS) is 15.0. The maximum absolute atomic E-state index is 13.1. The minimum absolute atomic E-state index is 1.09. The van der Waals surface area contributed by atoms with Gasteiger partial charge in [0.2, 0.25) is 0 Å². The van der Waals surface area contributed by atoms with Gasteiger partial charge in [-0.3, -0.25) is 0 Å². The van der Waals surface area contributed by atoms with Gasteiger partial charge in [-0.15, -0.1) is 0 Å². The molecule has 23 heavy (non-hydrogen) atoms. The summed E-state index contributed by atoms with van der Waals surface area (Å²) in [5.74, 6) is -24.9. The van der Waals surface area contributed by atoms with Crippen molar-refractivity contribution in [2.45, 2.75) is 24.2 Å². The fourth-order valence-electron chi connectivity index (χ4n) is 1.35. The number of halogens is 10. The topological polar surface area (TPSA) is 74.6 Å². The van der Waals surface area contributed by atoms with Crippen LogP contribution in [0.3, 0.4) is 0 Å². The third-order valence-electron chi connectivity index (χ3n) is 2.32. The molecule has 0 amide bonds. The van der Waals surface area contributed by atoms with E-state index in [2.05, 4.69) is 0 Å². The quantitative estimate of drug-likeness (QED) is 0.579. The first-order chi connectivity index (χ1) is 9.87.